The van der Waals surface area contributed by atoms with E-state index in [-0.39, 0.29) is 19.1 Å². The zero-order valence-electron chi connectivity index (χ0n) is 10.6. The van der Waals surface area contributed by atoms with Crippen LogP contribution in [0.1, 0.15) is 26.2 Å². The number of ether oxygens (including phenoxy) is 1. The van der Waals surface area contributed by atoms with Gasteiger partial charge in [0.1, 0.15) is 5.41 Å². The second-order valence-electron chi connectivity index (χ2n) is 5.34. The molecule has 2 rings (SSSR count). The van der Waals surface area contributed by atoms with Crippen LogP contribution in [0.3, 0.4) is 0 Å². The minimum atomic E-state index is -1.01. The molecule has 2 unspecified atom stereocenters. The predicted molar refractivity (Wildman–Crippen MR) is 64.1 cm³/mol. The number of carbonyl (C=O) groups excluding carboxylic acids is 1. The fourth-order valence-corrected chi connectivity index (χ4v) is 2.03. The molecule has 3 N–H and O–H groups in total. The molecule has 6 nitrogen and oxygen atoms in total. The fraction of sp³-hybridized carbons (Fsp3) is 0.833. The Morgan fingerprint density at radius 3 is 2.78 bits per heavy atom. The van der Waals surface area contributed by atoms with Crippen LogP contribution in [0.4, 0.5) is 0 Å². The Hall–Kier alpha value is -1.14. The highest BCUT2D eigenvalue weighted by Crippen LogP contribution is 2.28. The number of carboxylic acid groups (broad SMARTS) is 1. The first-order valence-corrected chi connectivity index (χ1v) is 6.36. The number of hydrogen-bond acceptors (Lipinski definition) is 4. The molecular formula is C12H20N2O4. The summed E-state index contributed by atoms with van der Waals surface area (Å²) >= 11 is 0. The van der Waals surface area contributed by atoms with Crippen molar-refractivity contribution in [2.24, 2.45) is 5.41 Å². The molecule has 18 heavy (non-hydrogen) atoms. The zero-order valence-corrected chi connectivity index (χ0v) is 10.6. The molecular weight excluding hydrogens is 236 g/mol. The number of amides is 1. The average Bonchev–Trinajstić information content (AvgIpc) is 3.04. The lowest BCUT2D eigenvalue weighted by atomic mass is 9.85. The van der Waals surface area contributed by atoms with Crippen molar-refractivity contribution in [1.82, 2.24) is 10.6 Å². The lowest BCUT2D eigenvalue weighted by Crippen LogP contribution is -2.50. The Balaban J connectivity index is 1.76. The third-order valence-electron chi connectivity index (χ3n) is 3.64. The van der Waals surface area contributed by atoms with Gasteiger partial charge in [0.15, 0.2) is 0 Å². The van der Waals surface area contributed by atoms with Crippen LogP contribution in [0.15, 0.2) is 0 Å². The van der Waals surface area contributed by atoms with Gasteiger partial charge in [0.25, 0.3) is 0 Å². The molecule has 0 aromatic rings. The third kappa shape index (κ3) is 3.00. The first-order chi connectivity index (χ1) is 8.52. The smallest absolute Gasteiger partial charge is 0.313 e. The monoisotopic (exact) mass is 256 g/mol. The van der Waals surface area contributed by atoms with Gasteiger partial charge < -0.3 is 20.5 Å². The fourth-order valence-electron chi connectivity index (χ4n) is 2.03. The highest BCUT2D eigenvalue weighted by molar-refractivity contribution is 5.80. The Bertz CT molecular complexity index is 343. The summed E-state index contributed by atoms with van der Waals surface area (Å²) in [6.07, 6.45) is 2.76. The molecule has 6 heteroatoms. The van der Waals surface area contributed by atoms with Crippen LogP contribution in [0.2, 0.25) is 0 Å². The summed E-state index contributed by atoms with van der Waals surface area (Å²) in [4.78, 5) is 22.9. The van der Waals surface area contributed by atoms with Crippen molar-refractivity contribution >= 4 is 11.9 Å². The second-order valence-corrected chi connectivity index (χ2v) is 5.34. The largest absolute Gasteiger partial charge is 0.481 e. The normalized spacial score (nSPS) is 31.3. The number of rotatable bonds is 6. The van der Waals surface area contributed by atoms with Crippen molar-refractivity contribution in [2.45, 2.75) is 38.3 Å². The molecule has 2 aliphatic rings. The van der Waals surface area contributed by atoms with Gasteiger partial charge in [-0.15, -0.1) is 0 Å². The quantitative estimate of drug-likeness (QED) is 0.609. The van der Waals surface area contributed by atoms with Crippen molar-refractivity contribution in [3.05, 3.63) is 0 Å². The summed E-state index contributed by atoms with van der Waals surface area (Å²) < 4.78 is 5.18. The molecule has 0 aromatic heterocycles. The van der Waals surface area contributed by atoms with Gasteiger partial charge in [-0.1, -0.05) is 0 Å². The van der Waals surface area contributed by atoms with E-state index in [0.29, 0.717) is 19.0 Å². The van der Waals surface area contributed by atoms with Gasteiger partial charge in [0, 0.05) is 19.0 Å². The van der Waals surface area contributed by atoms with Crippen LogP contribution in [-0.2, 0) is 14.3 Å². The van der Waals surface area contributed by atoms with E-state index in [1.54, 1.807) is 6.92 Å². The number of hydrogen-bond donors (Lipinski definition) is 3. The second kappa shape index (κ2) is 5.24. The number of aliphatic carboxylic acids is 1. The molecule has 1 amide bonds. The maximum Gasteiger partial charge on any atom is 0.313 e. The first-order valence-electron chi connectivity index (χ1n) is 6.36. The van der Waals surface area contributed by atoms with Crippen LogP contribution in [0, 0.1) is 5.41 Å². The van der Waals surface area contributed by atoms with Crippen LogP contribution >= 0.6 is 0 Å². The van der Waals surface area contributed by atoms with E-state index in [9.17, 15) is 9.59 Å². The summed E-state index contributed by atoms with van der Waals surface area (Å²) in [6.45, 7) is 2.67. The summed E-state index contributed by atoms with van der Waals surface area (Å²) in [5.41, 5.74) is -1.01. The van der Waals surface area contributed by atoms with E-state index >= 15 is 0 Å². The molecule has 1 saturated carbocycles. The summed E-state index contributed by atoms with van der Waals surface area (Å²) in [6, 6.07) is 0.139. The van der Waals surface area contributed by atoms with Crippen LogP contribution in [0.25, 0.3) is 0 Å². The molecule has 1 aliphatic heterocycles. The number of carbonyl (C=O) groups is 2. The van der Waals surface area contributed by atoms with E-state index in [4.69, 9.17) is 9.84 Å². The van der Waals surface area contributed by atoms with Gasteiger partial charge in [-0.25, -0.2) is 0 Å². The van der Waals surface area contributed by atoms with Crippen molar-refractivity contribution in [1.29, 1.82) is 0 Å². The molecule has 2 atom stereocenters. The zero-order chi connectivity index (χ0) is 13.2. The highest BCUT2D eigenvalue weighted by atomic mass is 16.5. The van der Waals surface area contributed by atoms with Crippen LogP contribution in [0.5, 0.6) is 0 Å². The van der Waals surface area contributed by atoms with Gasteiger partial charge in [-0.05, 0) is 19.8 Å². The SMILES string of the molecule is CC1(C(=O)O)COCC1NC(=O)CCNC1CC1. The standard InChI is InChI=1S/C12H20N2O4/c1-12(11(16)17)7-18-6-9(12)14-10(15)4-5-13-8-2-3-8/h8-9,13H,2-7H2,1H3,(H,14,15)(H,16,17). The highest BCUT2D eigenvalue weighted by Gasteiger charge is 2.47. The van der Waals surface area contributed by atoms with Crippen LogP contribution in [-0.4, -0.2) is 48.8 Å². The lowest BCUT2D eigenvalue weighted by Gasteiger charge is -2.25. The van der Waals surface area contributed by atoms with Crippen molar-refractivity contribution in [3.8, 4) is 0 Å². The lowest BCUT2D eigenvalue weighted by molar-refractivity contribution is -0.149. The predicted octanol–water partition coefficient (Wildman–Crippen LogP) is -0.266. The molecule has 0 aromatic carbocycles. The molecule has 1 saturated heterocycles. The van der Waals surface area contributed by atoms with Crippen molar-refractivity contribution in [3.63, 3.8) is 0 Å². The Morgan fingerprint density at radius 2 is 2.17 bits per heavy atom. The summed E-state index contributed by atoms with van der Waals surface area (Å²) in [7, 11) is 0. The summed E-state index contributed by atoms with van der Waals surface area (Å²) in [5.74, 6) is -1.05. The maximum absolute atomic E-state index is 11.7. The van der Waals surface area contributed by atoms with Gasteiger partial charge in [-0.2, -0.15) is 0 Å². The van der Waals surface area contributed by atoms with Gasteiger partial charge in [-0.3, -0.25) is 9.59 Å². The number of carboxylic acids is 1. The van der Waals surface area contributed by atoms with Gasteiger partial charge >= 0.3 is 5.97 Å². The molecule has 0 radical (unpaired) electrons. The van der Waals surface area contributed by atoms with E-state index in [1.807, 2.05) is 0 Å². The topological polar surface area (TPSA) is 87.7 Å². The van der Waals surface area contributed by atoms with Crippen molar-refractivity contribution in [2.75, 3.05) is 19.8 Å². The van der Waals surface area contributed by atoms with E-state index in [1.165, 1.54) is 12.8 Å². The first kappa shape index (κ1) is 13.3. The number of nitrogens with one attached hydrogen (secondary N) is 2. The molecule has 1 aliphatic carbocycles. The maximum atomic E-state index is 11.7. The van der Waals surface area contributed by atoms with Gasteiger partial charge in [0.05, 0.1) is 19.3 Å². The molecule has 0 bridgehead atoms. The Morgan fingerprint density at radius 1 is 1.44 bits per heavy atom. The Kier molecular flexibility index (Phi) is 3.87. The van der Waals surface area contributed by atoms with E-state index < -0.39 is 17.4 Å². The van der Waals surface area contributed by atoms with E-state index in [2.05, 4.69) is 10.6 Å². The average molecular weight is 256 g/mol. The molecule has 0 spiro atoms. The molecule has 2 fully saturated rings. The van der Waals surface area contributed by atoms with Crippen LogP contribution < -0.4 is 10.6 Å². The third-order valence-corrected chi connectivity index (χ3v) is 3.64. The molecule has 102 valence electrons. The van der Waals surface area contributed by atoms with Crippen molar-refractivity contribution < 1.29 is 19.4 Å². The molecule has 1 heterocycles. The minimum absolute atomic E-state index is 0.119. The summed E-state index contributed by atoms with van der Waals surface area (Å²) in [5, 5.41) is 15.2. The Labute approximate surface area is 106 Å². The van der Waals surface area contributed by atoms with Gasteiger partial charge in [0.2, 0.25) is 5.91 Å². The van der Waals surface area contributed by atoms with E-state index in [0.717, 1.165) is 0 Å². The minimum Gasteiger partial charge on any atom is -0.481 e.